The van der Waals surface area contributed by atoms with Crippen molar-refractivity contribution in [1.29, 1.82) is 0 Å². The number of halogens is 1. The van der Waals surface area contributed by atoms with Crippen molar-refractivity contribution in [3.63, 3.8) is 0 Å². The largest absolute Gasteiger partial charge is 0.455 e. The summed E-state index contributed by atoms with van der Waals surface area (Å²) < 4.78 is 6.66. The number of fused-ring (bicyclic) bond motifs is 1. The molecule has 7 heteroatoms. The van der Waals surface area contributed by atoms with E-state index >= 15 is 0 Å². The van der Waals surface area contributed by atoms with E-state index in [-0.39, 0.29) is 6.03 Å². The van der Waals surface area contributed by atoms with Crippen molar-refractivity contribution in [2.24, 2.45) is 0 Å². The molecule has 0 atom stereocenters. The molecule has 0 bridgehead atoms. The van der Waals surface area contributed by atoms with Gasteiger partial charge in [-0.1, -0.05) is 6.07 Å². The zero-order valence-electron chi connectivity index (χ0n) is 12.2. The Labute approximate surface area is 141 Å². The summed E-state index contributed by atoms with van der Waals surface area (Å²) in [6.45, 7) is 0. The van der Waals surface area contributed by atoms with E-state index < -0.39 is 0 Å². The summed E-state index contributed by atoms with van der Waals surface area (Å²) in [5.41, 5.74) is 0.846. The Hall–Kier alpha value is -2.67. The Morgan fingerprint density at radius 1 is 1.17 bits per heavy atom. The minimum atomic E-state index is -0.347. The number of carbonyl (C=O) groups is 1. The lowest BCUT2D eigenvalue weighted by Gasteiger charge is -2.11. The second kappa shape index (κ2) is 6.62. The molecule has 0 unspecified atom stereocenters. The van der Waals surface area contributed by atoms with Crippen molar-refractivity contribution in [2.45, 2.75) is 0 Å². The monoisotopic (exact) mass is 372 g/mol. The fourth-order valence-corrected chi connectivity index (χ4v) is 2.33. The first-order chi connectivity index (χ1) is 11.2. The van der Waals surface area contributed by atoms with E-state index in [0.29, 0.717) is 21.8 Å². The van der Waals surface area contributed by atoms with Gasteiger partial charge < -0.3 is 10.1 Å². The van der Waals surface area contributed by atoms with Gasteiger partial charge in [0.05, 0.1) is 9.99 Å². The average molecular weight is 373 g/mol. The summed E-state index contributed by atoms with van der Waals surface area (Å²) in [5, 5.41) is 5.98. The van der Waals surface area contributed by atoms with E-state index in [9.17, 15) is 4.79 Å². The molecular weight excluding hydrogens is 360 g/mol. The second-order valence-corrected chi connectivity index (χ2v) is 5.49. The van der Waals surface area contributed by atoms with Gasteiger partial charge in [0.25, 0.3) is 0 Å². The SMILES string of the molecule is CNC(=O)Nc1cc(Oc2cccc3ncccc23)c(Br)cn1. The van der Waals surface area contributed by atoms with Gasteiger partial charge in [-0.2, -0.15) is 0 Å². The molecule has 0 saturated carbocycles. The van der Waals surface area contributed by atoms with Crippen LogP contribution in [-0.4, -0.2) is 23.0 Å². The van der Waals surface area contributed by atoms with Gasteiger partial charge in [-0.25, -0.2) is 9.78 Å². The normalized spacial score (nSPS) is 10.3. The molecule has 0 radical (unpaired) electrons. The van der Waals surface area contributed by atoms with Crippen molar-refractivity contribution in [3.05, 3.63) is 53.3 Å². The van der Waals surface area contributed by atoms with Gasteiger partial charge in [0, 0.05) is 30.9 Å². The fourth-order valence-electron chi connectivity index (χ4n) is 2.03. The van der Waals surface area contributed by atoms with Crippen LogP contribution in [-0.2, 0) is 0 Å². The summed E-state index contributed by atoms with van der Waals surface area (Å²) in [4.78, 5) is 19.8. The first-order valence-electron chi connectivity index (χ1n) is 6.83. The van der Waals surface area contributed by atoms with Crippen LogP contribution in [0.1, 0.15) is 0 Å². The standard InChI is InChI=1S/C16H13BrN4O2/c1-18-16(22)21-15-8-14(11(17)9-20-15)23-13-6-2-5-12-10(13)4-3-7-19-12/h2-9H,1H3,(H2,18,20,21,22). The zero-order valence-corrected chi connectivity index (χ0v) is 13.8. The molecule has 2 amide bonds. The summed E-state index contributed by atoms with van der Waals surface area (Å²) in [6.07, 6.45) is 3.31. The van der Waals surface area contributed by atoms with Gasteiger partial charge in [-0.05, 0) is 40.2 Å². The molecule has 2 aromatic heterocycles. The average Bonchev–Trinajstić information content (AvgIpc) is 2.58. The molecule has 0 aliphatic carbocycles. The molecule has 0 aliphatic heterocycles. The molecule has 6 nitrogen and oxygen atoms in total. The molecule has 2 heterocycles. The van der Waals surface area contributed by atoms with Gasteiger partial charge in [0.15, 0.2) is 0 Å². The van der Waals surface area contributed by atoms with Gasteiger partial charge in [0.1, 0.15) is 17.3 Å². The van der Waals surface area contributed by atoms with Crippen LogP contribution < -0.4 is 15.4 Å². The van der Waals surface area contributed by atoms with Crippen LogP contribution in [0.5, 0.6) is 11.5 Å². The first kappa shape index (κ1) is 15.2. The number of rotatable bonds is 3. The third-order valence-corrected chi connectivity index (χ3v) is 3.71. The maximum absolute atomic E-state index is 11.4. The number of carbonyl (C=O) groups excluding carboxylic acids is 1. The van der Waals surface area contributed by atoms with Crippen molar-refractivity contribution >= 4 is 38.7 Å². The van der Waals surface area contributed by atoms with Crippen LogP contribution in [0.4, 0.5) is 10.6 Å². The Morgan fingerprint density at radius 3 is 2.87 bits per heavy atom. The highest BCUT2D eigenvalue weighted by molar-refractivity contribution is 9.10. The molecule has 3 aromatic rings. The number of nitrogens with one attached hydrogen (secondary N) is 2. The minimum absolute atomic E-state index is 0.347. The van der Waals surface area contributed by atoms with E-state index in [1.54, 1.807) is 18.5 Å². The molecule has 0 fully saturated rings. The number of amides is 2. The molecule has 0 spiro atoms. The molecule has 0 aliphatic rings. The maximum Gasteiger partial charge on any atom is 0.320 e. The van der Waals surface area contributed by atoms with Crippen LogP contribution in [0.15, 0.2) is 53.3 Å². The van der Waals surface area contributed by atoms with Gasteiger partial charge in [-0.15, -0.1) is 0 Å². The van der Waals surface area contributed by atoms with Gasteiger partial charge in [-0.3, -0.25) is 10.3 Å². The molecule has 0 saturated heterocycles. The number of benzene rings is 1. The van der Waals surface area contributed by atoms with E-state index in [1.807, 2.05) is 30.3 Å². The molecule has 23 heavy (non-hydrogen) atoms. The Bertz CT molecular complexity index is 864. The number of nitrogens with zero attached hydrogens (tertiary/aromatic N) is 2. The predicted molar refractivity (Wildman–Crippen MR) is 91.8 cm³/mol. The second-order valence-electron chi connectivity index (χ2n) is 4.63. The molecular formula is C16H13BrN4O2. The maximum atomic E-state index is 11.4. The quantitative estimate of drug-likeness (QED) is 0.729. The Balaban J connectivity index is 1.95. The molecule has 116 valence electrons. The highest BCUT2D eigenvalue weighted by atomic mass is 79.9. The van der Waals surface area contributed by atoms with Crippen molar-refractivity contribution < 1.29 is 9.53 Å². The van der Waals surface area contributed by atoms with E-state index in [1.165, 1.54) is 7.05 Å². The van der Waals surface area contributed by atoms with Crippen LogP contribution >= 0.6 is 15.9 Å². The third-order valence-electron chi connectivity index (χ3n) is 3.11. The lowest BCUT2D eigenvalue weighted by molar-refractivity contribution is 0.254. The number of ether oxygens (including phenoxy) is 1. The van der Waals surface area contributed by atoms with Crippen LogP contribution in [0.25, 0.3) is 10.9 Å². The predicted octanol–water partition coefficient (Wildman–Crippen LogP) is 3.94. The number of hydrogen-bond acceptors (Lipinski definition) is 4. The van der Waals surface area contributed by atoms with Crippen LogP contribution in [0.3, 0.4) is 0 Å². The van der Waals surface area contributed by atoms with Crippen molar-refractivity contribution in [1.82, 2.24) is 15.3 Å². The summed E-state index contributed by atoms with van der Waals surface area (Å²) in [7, 11) is 1.54. The number of anilines is 1. The van der Waals surface area contributed by atoms with E-state index in [4.69, 9.17) is 4.74 Å². The van der Waals surface area contributed by atoms with E-state index in [0.717, 1.165) is 10.9 Å². The topological polar surface area (TPSA) is 76.1 Å². The fraction of sp³-hybridized carbons (Fsp3) is 0.0625. The lowest BCUT2D eigenvalue weighted by atomic mass is 10.2. The Kier molecular flexibility index (Phi) is 4.38. The van der Waals surface area contributed by atoms with Gasteiger partial charge >= 0.3 is 6.03 Å². The van der Waals surface area contributed by atoms with Crippen LogP contribution in [0.2, 0.25) is 0 Å². The number of aromatic nitrogens is 2. The molecule has 1 aromatic carbocycles. The number of urea groups is 1. The summed E-state index contributed by atoms with van der Waals surface area (Å²) >= 11 is 3.40. The third kappa shape index (κ3) is 3.40. The highest BCUT2D eigenvalue weighted by Gasteiger charge is 2.10. The highest BCUT2D eigenvalue weighted by Crippen LogP contribution is 2.34. The van der Waals surface area contributed by atoms with Gasteiger partial charge in [0.2, 0.25) is 0 Å². The van der Waals surface area contributed by atoms with E-state index in [2.05, 4.69) is 36.5 Å². The van der Waals surface area contributed by atoms with Crippen LogP contribution in [0, 0.1) is 0 Å². The molecule has 3 rings (SSSR count). The smallest absolute Gasteiger partial charge is 0.320 e. The molecule has 2 N–H and O–H groups in total. The minimum Gasteiger partial charge on any atom is -0.455 e. The zero-order chi connectivity index (χ0) is 16.2. The number of hydrogen-bond donors (Lipinski definition) is 2. The Morgan fingerprint density at radius 2 is 2.04 bits per heavy atom. The first-order valence-corrected chi connectivity index (χ1v) is 7.62. The lowest BCUT2D eigenvalue weighted by Crippen LogP contribution is -2.24. The summed E-state index contributed by atoms with van der Waals surface area (Å²) in [6, 6.07) is 10.8. The number of pyridine rings is 2. The van der Waals surface area contributed by atoms with Crippen molar-refractivity contribution in [3.8, 4) is 11.5 Å². The summed E-state index contributed by atoms with van der Waals surface area (Å²) in [5.74, 6) is 1.61. The van der Waals surface area contributed by atoms with Crippen molar-refractivity contribution in [2.75, 3.05) is 12.4 Å².